The molecule has 6 atom stereocenters. The minimum absolute atomic E-state index is 0.0139. The highest BCUT2D eigenvalue weighted by Crippen LogP contribution is 2.65. The van der Waals surface area contributed by atoms with Gasteiger partial charge in [-0.25, -0.2) is 13.2 Å². The first-order chi connectivity index (χ1) is 23.9. The molecular weight excluding hydrogens is 693 g/mol. The smallest absolute Gasteiger partial charge is 0.315 e. The van der Waals surface area contributed by atoms with Gasteiger partial charge in [-0.15, -0.1) is 11.3 Å². The molecule has 0 aromatic carbocycles. The van der Waals surface area contributed by atoms with Crippen LogP contribution in [0.3, 0.4) is 0 Å². The SMILES string of the molecule is CCCCC(NC(=O)[C@@H]1[C@@H]2[C@H](CN1C(=O)[C@@H](NC(=O)N[C@H](CN(C)S(=O)(=O)c1cccs1)C(C)(C)C)C1CCCCC1)C2(C)C)C(=O)C(=O)NC. The maximum atomic E-state index is 14.6. The third-order valence-electron chi connectivity index (χ3n) is 11.3. The molecule has 5 amide bonds. The Morgan fingerprint density at radius 1 is 1.06 bits per heavy atom. The van der Waals surface area contributed by atoms with Crippen molar-refractivity contribution in [2.45, 2.75) is 121 Å². The van der Waals surface area contributed by atoms with E-state index in [1.54, 1.807) is 22.4 Å². The van der Waals surface area contributed by atoms with Crippen molar-refractivity contribution in [3.8, 4) is 0 Å². The first-order valence-corrected chi connectivity index (χ1v) is 20.6. The van der Waals surface area contributed by atoms with Crippen molar-refractivity contribution in [3.05, 3.63) is 17.5 Å². The number of urea groups is 1. The zero-order valence-corrected chi connectivity index (χ0v) is 33.0. The van der Waals surface area contributed by atoms with Crippen LogP contribution in [-0.4, -0.2) is 98.5 Å². The van der Waals surface area contributed by atoms with Gasteiger partial charge in [0.2, 0.25) is 17.6 Å². The van der Waals surface area contributed by atoms with Crippen molar-refractivity contribution in [1.29, 1.82) is 0 Å². The first kappa shape index (κ1) is 40.7. The van der Waals surface area contributed by atoms with Crippen LogP contribution >= 0.6 is 11.3 Å². The Morgan fingerprint density at radius 2 is 1.73 bits per heavy atom. The van der Waals surface area contributed by atoms with Gasteiger partial charge in [0.15, 0.2) is 0 Å². The van der Waals surface area contributed by atoms with Crippen molar-refractivity contribution in [2.75, 3.05) is 27.2 Å². The highest BCUT2D eigenvalue weighted by atomic mass is 32.2. The Kier molecular flexibility index (Phi) is 13.0. The first-order valence-electron chi connectivity index (χ1n) is 18.3. The molecule has 3 aliphatic rings. The fraction of sp³-hybridized carbons (Fsp3) is 0.750. The molecule has 2 saturated carbocycles. The number of amides is 5. The number of fused-ring (bicyclic) bond motifs is 1. The number of thiophene rings is 1. The quantitative estimate of drug-likeness (QED) is 0.199. The van der Waals surface area contributed by atoms with Gasteiger partial charge in [-0.2, -0.15) is 4.31 Å². The molecule has 2 aliphatic carbocycles. The molecule has 2 heterocycles. The molecule has 4 N–H and O–H groups in total. The lowest BCUT2D eigenvalue weighted by Crippen LogP contribution is -2.61. The lowest BCUT2D eigenvalue weighted by Gasteiger charge is -2.38. The van der Waals surface area contributed by atoms with E-state index in [-0.39, 0.29) is 39.8 Å². The molecule has 1 aromatic heterocycles. The number of hydrogen-bond acceptors (Lipinski definition) is 8. The zero-order chi connectivity index (χ0) is 37.9. The predicted molar refractivity (Wildman–Crippen MR) is 196 cm³/mol. The normalized spacial score (nSPS) is 23.5. The van der Waals surface area contributed by atoms with E-state index in [0.717, 1.165) is 49.9 Å². The van der Waals surface area contributed by atoms with Crippen molar-refractivity contribution in [1.82, 2.24) is 30.5 Å². The number of likely N-dealkylation sites (N-methyl/N-ethyl adjacent to an activating group) is 2. The molecule has 3 fully saturated rings. The minimum atomic E-state index is -3.76. The van der Waals surface area contributed by atoms with Crippen LogP contribution in [0.4, 0.5) is 4.79 Å². The molecule has 4 rings (SSSR count). The monoisotopic (exact) mass is 750 g/mol. The van der Waals surface area contributed by atoms with Crippen LogP contribution in [-0.2, 0) is 29.2 Å². The summed E-state index contributed by atoms with van der Waals surface area (Å²) in [5.41, 5.74) is -0.727. The minimum Gasteiger partial charge on any atom is -0.353 e. The van der Waals surface area contributed by atoms with E-state index in [1.807, 2.05) is 27.7 Å². The maximum absolute atomic E-state index is 14.6. The Balaban J connectivity index is 1.56. The molecule has 51 heavy (non-hydrogen) atoms. The predicted octanol–water partition coefficient (Wildman–Crippen LogP) is 3.50. The van der Waals surface area contributed by atoms with Gasteiger partial charge < -0.3 is 26.2 Å². The molecule has 1 aromatic rings. The zero-order valence-electron chi connectivity index (χ0n) is 31.4. The van der Waals surface area contributed by atoms with Gasteiger partial charge in [0.25, 0.3) is 15.9 Å². The van der Waals surface area contributed by atoms with E-state index < -0.39 is 63.2 Å². The third-order valence-corrected chi connectivity index (χ3v) is 14.5. The molecule has 1 saturated heterocycles. The maximum Gasteiger partial charge on any atom is 0.315 e. The van der Waals surface area contributed by atoms with Gasteiger partial charge in [0.05, 0.1) is 6.04 Å². The average Bonchev–Trinajstić information content (AvgIpc) is 3.54. The van der Waals surface area contributed by atoms with Crippen LogP contribution < -0.4 is 21.3 Å². The fourth-order valence-electron chi connectivity index (χ4n) is 7.85. The van der Waals surface area contributed by atoms with Gasteiger partial charge in [-0.1, -0.05) is 79.7 Å². The van der Waals surface area contributed by atoms with Crippen LogP contribution in [0.5, 0.6) is 0 Å². The molecule has 0 spiro atoms. The van der Waals surface area contributed by atoms with E-state index in [4.69, 9.17) is 0 Å². The number of likely N-dealkylation sites (tertiary alicyclic amines) is 1. The van der Waals surface area contributed by atoms with Gasteiger partial charge in [0.1, 0.15) is 16.3 Å². The topological polar surface area (TPSA) is 174 Å². The number of Topliss-reactive ketones (excluding diaryl/α,β-unsaturated/α-hetero) is 1. The number of carbonyl (C=O) groups excluding carboxylic acids is 5. The Morgan fingerprint density at radius 3 is 2.29 bits per heavy atom. The van der Waals surface area contributed by atoms with Crippen LogP contribution in [0.1, 0.15) is 92.9 Å². The summed E-state index contributed by atoms with van der Waals surface area (Å²) in [6.07, 6.45) is 6.05. The van der Waals surface area contributed by atoms with Gasteiger partial charge in [-0.05, 0) is 59.3 Å². The number of sulfonamides is 1. The van der Waals surface area contributed by atoms with Crippen LogP contribution in [0.2, 0.25) is 0 Å². The Labute approximate surface area is 307 Å². The highest BCUT2D eigenvalue weighted by molar-refractivity contribution is 7.91. The second-order valence-electron chi connectivity index (χ2n) is 16.2. The van der Waals surface area contributed by atoms with Crippen LogP contribution in [0.25, 0.3) is 0 Å². The summed E-state index contributed by atoms with van der Waals surface area (Å²) in [5.74, 6) is -2.50. The molecule has 0 radical (unpaired) electrons. The second-order valence-corrected chi connectivity index (χ2v) is 19.4. The summed E-state index contributed by atoms with van der Waals surface area (Å²) in [4.78, 5) is 69.3. The fourth-order valence-corrected chi connectivity index (χ4v) is 10.2. The number of ketones is 1. The number of carbonyl (C=O) groups is 5. The largest absolute Gasteiger partial charge is 0.353 e. The number of unbranched alkanes of at least 4 members (excludes halogenated alkanes) is 1. The van der Waals surface area contributed by atoms with E-state index in [1.165, 1.54) is 18.4 Å². The third kappa shape index (κ3) is 9.13. The molecule has 286 valence electrons. The lowest BCUT2D eigenvalue weighted by atomic mass is 9.83. The van der Waals surface area contributed by atoms with Crippen molar-refractivity contribution in [2.24, 2.45) is 28.6 Å². The van der Waals surface area contributed by atoms with Crippen molar-refractivity contribution >= 4 is 50.9 Å². The summed E-state index contributed by atoms with van der Waals surface area (Å²) in [5, 5.41) is 12.8. The average molecular weight is 751 g/mol. The molecule has 0 bridgehead atoms. The number of nitrogens with one attached hydrogen (secondary N) is 4. The van der Waals surface area contributed by atoms with E-state index in [2.05, 4.69) is 35.1 Å². The Bertz CT molecular complexity index is 1530. The highest BCUT2D eigenvalue weighted by Gasteiger charge is 2.69. The molecule has 1 unspecified atom stereocenters. The van der Waals surface area contributed by atoms with Crippen LogP contribution in [0.15, 0.2) is 21.7 Å². The van der Waals surface area contributed by atoms with Crippen molar-refractivity contribution < 1.29 is 32.4 Å². The second kappa shape index (κ2) is 16.3. The molecular formula is C36H58N6O7S2. The number of rotatable bonds is 15. The number of piperidine rings is 1. The summed E-state index contributed by atoms with van der Waals surface area (Å²) in [6.45, 7) is 12.2. The van der Waals surface area contributed by atoms with Crippen molar-refractivity contribution in [3.63, 3.8) is 0 Å². The molecule has 1 aliphatic heterocycles. The summed E-state index contributed by atoms with van der Waals surface area (Å²) < 4.78 is 27.9. The van der Waals surface area contributed by atoms with E-state index >= 15 is 0 Å². The van der Waals surface area contributed by atoms with E-state index in [0.29, 0.717) is 19.4 Å². The summed E-state index contributed by atoms with van der Waals surface area (Å²) in [6, 6.07) is -0.728. The summed E-state index contributed by atoms with van der Waals surface area (Å²) >= 11 is 1.13. The number of nitrogens with zero attached hydrogens (tertiary/aromatic N) is 2. The number of hydrogen-bond donors (Lipinski definition) is 4. The van der Waals surface area contributed by atoms with Gasteiger partial charge in [-0.3, -0.25) is 19.2 Å². The summed E-state index contributed by atoms with van der Waals surface area (Å²) in [7, 11) is -0.904. The Hall–Kier alpha value is -3.04. The molecule has 15 heteroatoms. The lowest BCUT2D eigenvalue weighted by molar-refractivity contribution is -0.144. The van der Waals surface area contributed by atoms with E-state index in [9.17, 15) is 32.4 Å². The van der Waals surface area contributed by atoms with Crippen LogP contribution in [0, 0.1) is 28.6 Å². The van der Waals surface area contributed by atoms with Gasteiger partial charge >= 0.3 is 6.03 Å². The van der Waals surface area contributed by atoms with Gasteiger partial charge in [0, 0.05) is 33.2 Å². The molecule has 13 nitrogen and oxygen atoms in total. The standard InChI is InChI=1S/C36H58N6O7S2/c1-9-10-17-24(30(43)32(45)37-7)38-31(44)29-27-23(36(27,5)6)20-42(29)33(46)28(22-15-12-11-13-16-22)40-34(47)39-25(35(2,3)4)21-41(8)51(48,49)26-18-14-19-50-26/h14,18-19,22-25,27-29H,9-13,15-17,20-21H2,1-8H3,(H,37,45)(H,38,44)(H2,39,40,47)/t23-,24?,25+,27-,28-,29-/m0/s1.